The highest BCUT2D eigenvalue weighted by Gasteiger charge is 2.46. The summed E-state index contributed by atoms with van der Waals surface area (Å²) >= 11 is 0. The molecule has 0 unspecified atom stereocenters. The molecule has 1 saturated heterocycles. The summed E-state index contributed by atoms with van der Waals surface area (Å²) in [5.74, 6) is -1.40. The third-order valence-corrected chi connectivity index (χ3v) is 4.49. The van der Waals surface area contributed by atoms with Crippen LogP contribution in [0.15, 0.2) is 24.3 Å². The number of halogens is 1. The zero-order valence-corrected chi connectivity index (χ0v) is 11.7. The lowest BCUT2D eigenvalue weighted by Gasteiger charge is -2.31. The van der Waals surface area contributed by atoms with E-state index < -0.39 is 11.9 Å². The molecule has 1 heterocycles. The van der Waals surface area contributed by atoms with Crippen LogP contribution in [0, 0.1) is 17.7 Å². The molecule has 21 heavy (non-hydrogen) atoms. The number of amides is 1. The third-order valence-electron chi connectivity index (χ3n) is 4.49. The summed E-state index contributed by atoms with van der Waals surface area (Å²) in [5.41, 5.74) is 0.988. The molecule has 0 bridgehead atoms. The zero-order chi connectivity index (χ0) is 15.0. The van der Waals surface area contributed by atoms with E-state index in [4.69, 9.17) is 5.11 Å². The second kappa shape index (κ2) is 5.47. The van der Waals surface area contributed by atoms with Gasteiger partial charge in [-0.25, -0.2) is 4.39 Å². The van der Waals surface area contributed by atoms with Gasteiger partial charge >= 0.3 is 5.97 Å². The summed E-state index contributed by atoms with van der Waals surface area (Å²) in [4.78, 5) is 25.2. The van der Waals surface area contributed by atoms with Crippen LogP contribution >= 0.6 is 0 Å². The van der Waals surface area contributed by atoms with Gasteiger partial charge in [0.25, 0.3) is 0 Å². The fourth-order valence-corrected chi connectivity index (χ4v) is 3.16. The normalized spacial score (nSPS) is 28.2. The van der Waals surface area contributed by atoms with E-state index in [0.29, 0.717) is 19.5 Å². The first-order valence-corrected chi connectivity index (χ1v) is 7.33. The molecule has 1 saturated carbocycles. The van der Waals surface area contributed by atoms with Crippen molar-refractivity contribution in [1.29, 1.82) is 0 Å². The Kier molecular flexibility index (Phi) is 3.66. The number of piperidine rings is 1. The van der Waals surface area contributed by atoms with E-state index in [0.717, 1.165) is 18.4 Å². The number of likely N-dealkylation sites (tertiary alicyclic amines) is 1. The van der Waals surface area contributed by atoms with Crippen LogP contribution < -0.4 is 0 Å². The van der Waals surface area contributed by atoms with E-state index >= 15 is 0 Å². The molecule has 5 heteroatoms. The van der Waals surface area contributed by atoms with Crippen molar-refractivity contribution < 1.29 is 19.1 Å². The van der Waals surface area contributed by atoms with Gasteiger partial charge in [0.05, 0.1) is 5.92 Å². The number of rotatable bonds is 3. The van der Waals surface area contributed by atoms with Crippen LogP contribution in [0.4, 0.5) is 4.39 Å². The van der Waals surface area contributed by atoms with Crippen LogP contribution in [0.1, 0.15) is 30.7 Å². The van der Waals surface area contributed by atoms with Crippen LogP contribution in [0.5, 0.6) is 0 Å². The van der Waals surface area contributed by atoms with Crippen molar-refractivity contribution in [2.45, 2.75) is 25.2 Å². The minimum Gasteiger partial charge on any atom is -0.481 e. The number of hydrogen-bond acceptors (Lipinski definition) is 2. The monoisotopic (exact) mass is 291 g/mol. The number of carboxylic acids is 1. The summed E-state index contributed by atoms with van der Waals surface area (Å²) in [5, 5.41) is 9.07. The minimum absolute atomic E-state index is 0.0512. The van der Waals surface area contributed by atoms with Gasteiger partial charge in [0.15, 0.2) is 0 Å². The van der Waals surface area contributed by atoms with E-state index in [1.807, 2.05) is 0 Å². The molecule has 0 radical (unpaired) electrons. The molecule has 1 amide bonds. The number of nitrogens with zero attached hydrogens (tertiary/aromatic N) is 1. The molecule has 1 aromatic rings. The first-order chi connectivity index (χ1) is 10.1. The molecule has 1 aliphatic heterocycles. The van der Waals surface area contributed by atoms with Gasteiger partial charge in [-0.05, 0) is 42.9 Å². The second-order valence-corrected chi connectivity index (χ2v) is 5.96. The molecule has 3 atom stereocenters. The largest absolute Gasteiger partial charge is 0.481 e. The number of carbonyl (C=O) groups excluding carboxylic acids is 1. The van der Waals surface area contributed by atoms with Crippen LogP contribution in [0.2, 0.25) is 0 Å². The Labute approximate surface area is 122 Å². The Morgan fingerprint density at radius 1 is 1.24 bits per heavy atom. The lowest BCUT2D eigenvalue weighted by atomic mass is 9.97. The number of carbonyl (C=O) groups is 2. The third kappa shape index (κ3) is 2.91. The van der Waals surface area contributed by atoms with Crippen LogP contribution in [-0.2, 0) is 9.59 Å². The van der Waals surface area contributed by atoms with Crippen molar-refractivity contribution in [2.24, 2.45) is 11.8 Å². The van der Waals surface area contributed by atoms with Crippen LogP contribution in [-0.4, -0.2) is 35.0 Å². The Balaban J connectivity index is 1.62. The first-order valence-electron chi connectivity index (χ1n) is 7.33. The molecule has 4 nitrogen and oxygen atoms in total. The van der Waals surface area contributed by atoms with Crippen LogP contribution in [0.25, 0.3) is 0 Å². The lowest BCUT2D eigenvalue weighted by Crippen LogP contribution is -2.43. The highest BCUT2D eigenvalue weighted by molar-refractivity contribution is 5.84. The summed E-state index contributed by atoms with van der Waals surface area (Å²) in [6.45, 7) is 0.968. The number of hydrogen-bond donors (Lipinski definition) is 1. The summed E-state index contributed by atoms with van der Waals surface area (Å²) in [6.07, 6.45) is 2.17. The topological polar surface area (TPSA) is 57.6 Å². The van der Waals surface area contributed by atoms with Crippen molar-refractivity contribution >= 4 is 11.9 Å². The molecule has 3 rings (SSSR count). The molecular weight excluding hydrogens is 273 g/mol. The molecule has 1 N–H and O–H groups in total. The van der Waals surface area contributed by atoms with Crippen molar-refractivity contribution in [3.8, 4) is 0 Å². The maximum Gasteiger partial charge on any atom is 0.308 e. The van der Waals surface area contributed by atoms with Crippen molar-refractivity contribution in [3.05, 3.63) is 35.6 Å². The molecule has 2 aliphatic rings. The maximum absolute atomic E-state index is 12.9. The predicted octanol–water partition coefficient (Wildman–Crippen LogP) is 2.25. The predicted molar refractivity (Wildman–Crippen MR) is 74.2 cm³/mol. The SMILES string of the molecule is O=C(O)[C@@H]1CCCN(C(=O)[C@@H]2C[C@H]2c2ccc(F)cc2)C1. The Hall–Kier alpha value is -1.91. The second-order valence-electron chi connectivity index (χ2n) is 5.96. The van der Waals surface area contributed by atoms with Gasteiger partial charge in [-0.1, -0.05) is 12.1 Å². The lowest BCUT2D eigenvalue weighted by molar-refractivity contribution is -0.146. The van der Waals surface area contributed by atoms with E-state index in [9.17, 15) is 14.0 Å². The van der Waals surface area contributed by atoms with E-state index in [2.05, 4.69) is 0 Å². The van der Waals surface area contributed by atoms with Crippen molar-refractivity contribution in [3.63, 3.8) is 0 Å². The van der Waals surface area contributed by atoms with E-state index in [1.165, 1.54) is 12.1 Å². The fraction of sp³-hybridized carbons (Fsp3) is 0.500. The molecule has 0 spiro atoms. The van der Waals surface area contributed by atoms with Gasteiger partial charge in [-0.2, -0.15) is 0 Å². The Morgan fingerprint density at radius 2 is 1.95 bits per heavy atom. The Morgan fingerprint density at radius 3 is 2.62 bits per heavy atom. The maximum atomic E-state index is 12.9. The standard InChI is InChI=1S/C16H18FNO3/c17-12-5-3-10(4-6-12)13-8-14(13)15(19)18-7-1-2-11(9-18)16(20)21/h3-6,11,13-14H,1-2,7-9H2,(H,20,21)/t11-,13+,14-/m1/s1. The van der Waals surface area contributed by atoms with Gasteiger partial charge in [0, 0.05) is 19.0 Å². The molecule has 112 valence electrons. The zero-order valence-electron chi connectivity index (χ0n) is 11.7. The van der Waals surface area contributed by atoms with Gasteiger partial charge in [0.2, 0.25) is 5.91 Å². The van der Waals surface area contributed by atoms with E-state index in [1.54, 1.807) is 17.0 Å². The molecule has 1 aliphatic carbocycles. The molecule has 0 aromatic heterocycles. The highest BCUT2D eigenvalue weighted by Crippen LogP contribution is 2.48. The van der Waals surface area contributed by atoms with Gasteiger partial charge in [0.1, 0.15) is 5.82 Å². The number of carboxylic acid groups (broad SMARTS) is 1. The average Bonchev–Trinajstić information content (AvgIpc) is 3.28. The average molecular weight is 291 g/mol. The summed E-state index contributed by atoms with van der Waals surface area (Å²) < 4.78 is 12.9. The first kappa shape index (κ1) is 14.0. The number of aliphatic carboxylic acids is 1. The van der Waals surface area contributed by atoms with Gasteiger partial charge < -0.3 is 10.0 Å². The Bertz CT molecular complexity index is 557. The number of benzene rings is 1. The van der Waals surface area contributed by atoms with Gasteiger partial charge in [-0.3, -0.25) is 9.59 Å². The summed E-state index contributed by atoms with van der Waals surface area (Å²) in [6, 6.07) is 6.28. The quantitative estimate of drug-likeness (QED) is 0.929. The van der Waals surface area contributed by atoms with Crippen LogP contribution in [0.3, 0.4) is 0 Å². The highest BCUT2D eigenvalue weighted by atomic mass is 19.1. The smallest absolute Gasteiger partial charge is 0.308 e. The van der Waals surface area contributed by atoms with Gasteiger partial charge in [-0.15, -0.1) is 0 Å². The fourth-order valence-electron chi connectivity index (χ4n) is 3.16. The van der Waals surface area contributed by atoms with E-state index in [-0.39, 0.29) is 23.6 Å². The molecule has 1 aromatic carbocycles. The molecule has 2 fully saturated rings. The minimum atomic E-state index is -0.821. The van der Waals surface area contributed by atoms with Crippen molar-refractivity contribution in [2.75, 3.05) is 13.1 Å². The van der Waals surface area contributed by atoms with Crippen molar-refractivity contribution in [1.82, 2.24) is 4.90 Å². The molecular formula is C16H18FNO3. The summed E-state index contributed by atoms with van der Waals surface area (Å²) in [7, 11) is 0.